The molecule has 2 unspecified atom stereocenters. The molecule has 2 atom stereocenters. The lowest BCUT2D eigenvalue weighted by Gasteiger charge is -2.28. The number of quaternary nitrogens is 1. The molecule has 0 saturated carbocycles. The fourth-order valence-electron chi connectivity index (χ4n) is 9.24. The molecule has 0 fully saturated rings. The second-order valence-electron chi connectivity index (χ2n) is 22.4. The molecule has 71 heavy (non-hydrogen) atoms. The van der Waals surface area contributed by atoms with Crippen LogP contribution in [-0.4, -0.2) is 70.0 Å². The Hall–Kier alpha value is -1.25. The van der Waals surface area contributed by atoms with E-state index >= 15 is 0 Å². The number of hydrogen-bond acceptors (Lipinski definition) is 8. The molecule has 0 aliphatic rings. The van der Waals surface area contributed by atoms with E-state index in [4.69, 9.17) is 18.5 Å². The summed E-state index contributed by atoms with van der Waals surface area (Å²) in [7, 11) is 1.18. The molecule has 0 aromatic rings. The Morgan fingerprint density at radius 1 is 0.423 bits per heavy atom. The van der Waals surface area contributed by atoms with Gasteiger partial charge in [0.2, 0.25) is 0 Å². The van der Waals surface area contributed by atoms with E-state index in [9.17, 15) is 19.0 Å². The number of phosphoric acid groups is 1. The third-order valence-electron chi connectivity index (χ3n) is 14.0. The minimum atomic E-state index is -4.63. The summed E-state index contributed by atoms with van der Waals surface area (Å²) < 4.78 is 34.1. The van der Waals surface area contributed by atoms with Crippen molar-refractivity contribution in [3.05, 3.63) is 12.2 Å². The fourth-order valence-corrected chi connectivity index (χ4v) is 9.97. The number of rotatable bonds is 58. The van der Waals surface area contributed by atoms with Gasteiger partial charge in [-0.1, -0.05) is 276 Å². The van der Waals surface area contributed by atoms with Crippen LogP contribution in [0.3, 0.4) is 0 Å². The van der Waals surface area contributed by atoms with Gasteiger partial charge in [0.05, 0.1) is 27.7 Å². The van der Waals surface area contributed by atoms with E-state index in [1.807, 2.05) is 21.1 Å². The molecule has 0 rings (SSSR count). The van der Waals surface area contributed by atoms with Gasteiger partial charge in [-0.3, -0.25) is 14.2 Å². The minimum absolute atomic E-state index is 0.0290. The minimum Gasteiger partial charge on any atom is -0.756 e. The Morgan fingerprint density at radius 2 is 0.718 bits per heavy atom. The number of esters is 2. The standard InChI is InChI=1S/C61H120NO8P/c1-6-8-10-12-14-16-18-20-21-22-23-24-25-26-27-28-29-30-31-32-33-34-35-36-37-38-39-40-41-42-44-45-47-49-51-53-60(63)67-57-59(58-69-71(65,66)68-56-55-62(3,4)5)70-61(64)54-52-50-48-46-43-19-17-15-13-11-9-7-2/h15,17,59H,6-14,16,18-58H2,1-5H3/b17-15-. The molecule has 422 valence electrons. The molecular formula is C61H120NO8P. The molecule has 0 spiro atoms. The van der Waals surface area contributed by atoms with E-state index in [-0.39, 0.29) is 32.0 Å². The van der Waals surface area contributed by atoms with Gasteiger partial charge >= 0.3 is 11.9 Å². The first kappa shape index (κ1) is 69.8. The van der Waals surface area contributed by atoms with E-state index in [2.05, 4.69) is 26.0 Å². The number of unbranched alkanes of at least 4 members (excludes halogenated alkanes) is 42. The zero-order chi connectivity index (χ0) is 52.0. The van der Waals surface area contributed by atoms with Gasteiger partial charge < -0.3 is 27.9 Å². The van der Waals surface area contributed by atoms with E-state index in [1.54, 1.807) is 0 Å². The van der Waals surface area contributed by atoms with Crippen molar-refractivity contribution in [3.63, 3.8) is 0 Å². The van der Waals surface area contributed by atoms with Gasteiger partial charge in [-0.2, -0.15) is 0 Å². The van der Waals surface area contributed by atoms with Gasteiger partial charge in [0.25, 0.3) is 7.82 Å². The summed E-state index contributed by atoms with van der Waals surface area (Å²) in [6, 6.07) is 0. The number of likely N-dealkylation sites (N-methyl/N-ethyl adjacent to an activating group) is 1. The van der Waals surface area contributed by atoms with Crippen LogP contribution in [0.5, 0.6) is 0 Å². The summed E-state index contributed by atoms with van der Waals surface area (Å²) in [4.78, 5) is 37.7. The van der Waals surface area contributed by atoms with E-state index in [1.165, 1.54) is 225 Å². The average molecular weight is 1030 g/mol. The molecule has 0 heterocycles. The topological polar surface area (TPSA) is 111 Å². The maximum Gasteiger partial charge on any atom is 0.306 e. The lowest BCUT2D eigenvalue weighted by Crippen LogP contribution is -2.37. The molecule has 0 radical (unpaired) electrons. The van der Waals surface area contributed by atoms with Crippen molar-refractivity contribution in [1.29, 1.82) is 0 Å². The highest BCUT2D eigenvalue weighted by molar-refractivity contribution is 7.45. The number of carbonyl (C=O) groups is 2. The zero-order valence-electron chi connectivity index (χ0n) is 48.0. The highest BCUT2D eigenvalue weighted by Crippen LogP contribution is 2.38. The third kappa shape index (κ3) is 57.9. The van der Waals surface area contributed by atoms with Crippen LogP contribution >= 0.6 is 7.82 Å². The van der Waals surface area contributed by atoms with Gasteiger partial charge in [-0.25, -0.2) is 0 Å². The highest BCUT2D eigenvalue weighted by atomic mass is 31.2. The van der Waals surface area contributed by atoms with Gasteiger partial charge in [0.15, 0.2) is 6.10 Å². The first-order valence-corrected chi connectivity index (χ1v) is 32.4. The van der Waals surface area contributed by atoms with Crippen molar-refractivity contribution in [1.82, 2.24) is 0 Å². The molecule has 0 aromatic carbocycles. The Morgan fingerprint density at radius 3 is 1.07 bits per heavy atom. The molecule has 9 nitrogen and oxygen atoms in total. The largest absolute Gasteiger partial charge is 0.756 e. The van der Waals surface area contributed by atoms with Gasteiger partial charge in [-0.05, 0) is 38.5 Å². The lowest BCUT2D eigenvalue weighted by atomic mass is 10.0. The van der Waals surface area contributed by atoms with Crippen molar-refractivity contribution in [2.45, 2.75) is 322 Å². The van der Waals surface area contributed by atoms with Crippen molar-refractivity contribution in [2.24, 2.45) is 0 Å². The molecule has 0 saturated heterocycles. The number of ether oxygens (including phenoxy) is 2. The van der Waals surface area contributed by atoms with Crippen LogP contribution in [0.2, 0.25) is 0 Å². The van der Waals surface area contributed by atoms with E-state index in [0.717, 1.165) is 57.8 Å². The Balaban J connectivity index is 3.85. The summed E-state index contributed by atoms with van der Waals surface area (Å²) in [5.41, 5.74) is 0. The number of phosphoric ester groups is 1. The maximum atomic E-state index is 12.7. The molecule has 0 amide bonds. The monoisotopic (exact) mass is 1030 g/mol. The number of hydrogen-bond donors (Lipinski definition) is 0. The molecular weight excluding hydrogens is 906 g/mol. The van der Waals surface area contributed by atoms with Crippen LogP contribution in [-0.2, 0) is 32.7 Å². The second-order valence-corrected chi connectivity index (χ2v) is 23.8. The van der Waals surface area contributed by atoms with Crippen molar-refractivity contribution in [2.75, 3.05) is 47.5 Å². The average Bonchev–Trinajstić information content (AvgIpc) is 3.33. The van der Waals surface area contributed by atoms with Crippen LogP contribution in [0.4, 0.5) is 0 Å². The molecule has 10 heteroatoms. The number of allylic oxidation sites excluding steroid dienone is 2. The predicted molar refractivity (Wildman–Crippen MR) is 301 cm³/mol. The first-order valence-electron chi connectivity index (χ1n) is 30.9. The second kappa shape index (κ2) is 53.6. The van der Waals surface area contributed by atoms with Crippen LogP contribution in [0.1, 0.15) is 316 Å². The van der Waals surface area contributed by atoms with E-state index < -0.39 is 26.5 Å². The van der Waals surface area contributed by atoms with E-state index in [0.29, 0.717) is 17.4 Å². The van der Waals surface area contributed by atoms with Gasteiger partial charge in [-0.15, -0.1) is 0 Å². The Labute approximate surface area is 441 Å². The van der Waals surface area contributed by atoms with Gasteiger partial charge in [0.1, 0.15) is 19.8 Å². The molecule has 0 bridgehead atoms. The summed E-state index contributed by atoms with van der Waals surface area (Å²) in [5.74, 6) is -0.828. The van der Waals surface area contributed by atoms with Crippen molar-refractivity contribution in [3.8, 4) is 0 Å². The smallest absolute Gasteiger partial charge is 0.306 e. The molecule has 0 aliphatic heterocycles. The maximum absolute atomic E-state index is 12.7. The number of nitrogens with zero attached hydrogens (tertiary/aromatic N) is 1. The first-order chi connectivity index (χ1) is 34.5. The predicted octanol–water partition coefficient (Wildman–Crippen LogP) is 18.6. The zero-order valence-corrected chi connectivity index (χ0v) is 48.8. The quantitative estimate of drug-likeness (QED) is 0.0195. The summed E-state index contributed by atoms with van der Waals surface area (Å²) in [5, 5.41) is 0. The summed E-state index contributed by atoms with van der Waals surface area (Å²) >= 11 is 0. The summed E-state index contributed by atoms with van der Waals surface area (Å²) in [6.45, 7) is 4.25. The van der Waals surface area contributed by atoms with Crippen molar-refractivity contribution < 1.29 is 42.1 Å². The fraction of sp³-hybridized carbons (Fsp3) is 0.934. The van der Waals surface area contributed by atoms with Crippen LogP contribution in [0, 0.1) is 0 Å². The third-order valence-corrected chi connectivity index (χ3v) is 15.0. The molecule has 0 aromatic heterocycles. The lowest BCUT2D eigenvalue weighted by molar-refractivity contribution is -0.870. The van der Waals surface area contributed by atoms with Crippen LogP contribution in [0.25, 0.3) is 0 Å². The van der Waals surface area contributed by atoms with Crippen LogP contribution < -0.4 is 4.89 Å². The Kier molecular flexibility index (Phi) is 52.6. The highest BCUT2D eigenvalue weighted by Gasteiger charge is 2.22. The summed E-state index contributed by atoms with van der Waals surface area (Å²) in [6.07, 6.45) is 63.1. The van der Waals surface area contributed by atoms with Crippen LogP contribution in [0.15, 0.2) is 12.2 Å². The molecule has 0 N–H and O–H groups in total. The molecule has 0 aliphatic carbocycles. The van der Waals surface area contributed by atoms with Gasteiger partial charge in [0, 0.05) is 12.8 Å². The Bertz CT molecular complexity index is 1210. The number of carbonyl (C=O) groups excluding carboxylic acids is 2. The van der Waals surface area contributed by atoms with Crippen molar-refractivity contribution >= 4 is 19.8 Å². The SMILES string of the molecule is CCCCC/C=C\CCCCCCCC(=O)OC(COC(=O)CCCCCCCCCCCCCCCCCCCCCCCCCCCCCCCCCCCCC)COP(=O)([O-])OCC[N+](C)(C)C. The normalized spacial score (nSPS) is 13.3.